The maximum Gasteiger partial charge on any atom is 0.357 e. The molecule has 3 N–H and O–H groups in total. The standard InChI is InChI=1S/C8H8INO7S2/c9-4-8(11)10-6-3-5(19(14,15)16)1-2-7(6)17-18(12)13/h1-3H,4H2,(H,10,11)(H,12,13)(H,14,15,16). The molecule has 0 aliphatic carbocycles. The Balaban J connectivity index is 3.25. The number of nitrogens with one attached hydrogen (secondary N) is 1. The van der Waals surface area contributed by atoms with E-state index in [1.807, 2.05) is 0 Å². The van der Waals surface area contributed by atoms with Gasteiger partial charge in [-0.25, -0.2) is 0 Å². The van der Waals surface area contributed by atoms with Crippen LogP contribution in [0.5, 0.6) is 5.75 Å². The fourth-order valence-electron chi connectivity index (χ4n) is 1.10. The van der Waals surface area contributed by atoms with Crippen molar-refractivity contribution in [3.8, 4) is 5.75 Å². The van der Waals surface area contributed by atoms with Gasteiger partial charge in [-0.05, 0) is 18.2 Å². The Morgan fingerprint density at radius 1 is 1.47 bits per heavy atom. The minimum absolute atomic E-state index is 0.0789. The van der Waals surface area contributed by atoms with Crippen LogP contribution in [-0.2, 0) is 26.3 Å². The van der Waals surface area contributed by atoms with Gasteiger partial charge in [0.15, 0.2) is 5.75 Å². The molecule has 19 heavy (non-hydrogen) atoms. The van der Waals surface area contributed by atoms with Gasteiger partial charge in [-0.3, -0.25) is 13.9 Å². The Morgan fingerprint density at radius 3 is 2.58 bits per heavy atom. The molecule has 0 heterocycles. The first-order chi connectivity index (χ1) is 8.74. The largest absolute Gasteiger partial charge is 0.378 e. The minimum Gasteiger partial charge on any atom is -0.378 e. The molecule has 106 valence electrons. The van der Waals surface area contributed by atoms with Gasteiger partial charge in [0.05, 0.1) is 15.0 Å². The van der Waals surface area contributed by atoms with Crippen LogP contribution in [-0.4, -0.2) is 32.1 Å². The van der Waals surface area contributed by atoms with E-state index < -0.39 is 32.3 Å². The molecule has 1 atom stereocenters. The van der Waals surface area contributed by atoms with Crippen molar-refractivity contribution in [2.45, 2.75) is 4.90 Å². The minimum atomic E-state index is -4.46. The summed E-state index contributed by atoms with van der Waals surface area (Å²) in [4.78, 5) is 10.8. The van der Waals surface area contributed by atoms with Gasteiger partial charge in [-0.2, -0.15) is 12.6 Å². The van der Waals surface area contributed by atoms with E-state index >= 15 is 0 Å². The fraction of sp³-hybridized carbons (Fsp3) is 0.125. The van der Waals surface area contributed by atoms with Crippen LogP contribution < -0.4 is 9.50 Å². The SMILES string of the molecule is O=C(CI)Nc1cc(S(=O)(=O)O)ccc1OS(=O)O. The molecule has 0 aromatic heterocycles. The van der Waals surface area contributed by atoms with E-state index in [2.05, 4.69) is 9.50 Å². The quantitative estimate of drug-likeness (QED) is 0.278. The summed E-state index contributed by atoms with van der Waals surface area (Å²) in [6, 6.07) is 2.93. The van der Waals surface area contributed by atoms with E-state index in [-0.39, 0.29) is 15.9 Å². The molecule has 1 aromatic carbocycles. The molecule has 0 bridgehead atoms. The van der Waals surface area contributed by atoms with Gasteiger partial charge >= 0.3 is 11.4 Å². The van der Waals surface area contributed by atoms with E-state index in [0.717, 1.165) is 18.2 Å². The molecule has 1 rings (SSSR count). The molecule has 1 unspecified atom stereocenters. The number of amides is 1. The number of benzene rings is 1. The second kappa shape index (κ2) is 6.60. The van der Waals surface area contributed by atoms with Gasteiger partial charge in [0, 0.05) is 0 Å². The molecular formula is C8H8INO7S2. The molecule has 0 aliphatic rings. The smallest absolute Gasteiger partial charge is 0.357 e. The van der Waals surface area contributed by atoms with Crippen LogP contribution >= 0.6 is 22.6 Å². The second-order valence-electron chi connectivity index (χ2n) is 3.12. The second-order valence-corrected chi connectivity index (χ2v) is 5.90. The highest BCUT2D eigenvalue weighted by molar-refractivity contribution is 14.1. The molecule has 8 nitrogen and oxygen atoms in total. The lowest BCUT2D eigenvalue weighted by atomic mass is 10.3. The van der Waals surface area contributed by atoms with Gasteiger partial charge in [-0.1, -0.05) is 22.6 Å². The summed E-state index contributed by atoms with van der Waals surface area (Å²) in [5, 5.41) is 2.29. The molecule has 0 aliphatic heterocycles. The summed E-state index contributed by atoms with van der Waals surface area (Å²) >= 11 is -0.864. The van der Waals surface area contributed by atoms with E-state index in [0.29, 0.717) is 0 Å². The van der Waals surface area contributed by atoms with Crippen molar-refractivity contribution < 1.29 is 30.7 Å². The van der Waals surface area contributed by atoms with Crippen molar-refractivity contribution >= 4 is 55.7 Å². The molecule has 1 aromatic rings. The van der Waals surface area contributed by atoms with E-state index in [1.165, 1.54) is 0 Å². The van der Waals surface area contributed by atoms with Crippen molar-refractivity contribution in [1.82, 2.24) is 0 Å². The third kappa shape index (κ3) is 5.02. The highest BCUT2D eigenvalue weighted by Crippen LogP contribution is 2.28. The number of hydrogen-bond donors (Lipinski definition) is 3. The first-order valence-electron chi connectivity index (χ1n) is 4.50. The number of hydrogen-bond acceptors (Lipinski definition) is 5. The maximum absolute atomic E-state index is 11.3. The zero-order chi connectivity index (χ0) is 14.6. The lowest BCUT2D eigenvalue weighted by Crippen LogP contribution is -2.14. The fourth-order valence-corrected chi connectivity index (χ4v) is 2.10. The highest BCUT2D eigenvalue weighted by atomic mass is 127. The number of alkyl halides is 1. The zero-order valence-electron chi connectivity index (χ0n) is 9.07. The van der Waals surface area contributed by atoms with Crippen LogP contribution in [0.4, 0.5) is 5.69 Å². The number of anilines is 1. The first-order valence-corrected chi connectivity index (χ1v) is 8.50. The van der Waals surface area contributed by atoms with Gasteiger partial charge in [0.2, 0.25) is 5.91 Å². The Bertz CT molecular complexity index is 616. The molecular weight excluding hydrogens is 413 g/mol. The Hall–Kier alpha value is -0.760. The van der Waals surface area contributed by atoms with Crippen molar-refractivity contribution in [2.24, 2.45) is 0 Å². The van der Waals surface area contributed by atoms with E-state index in [4.69, 9.17) is 9.11 Å². The predicted octanol–water partition coefficient (Wildman–Crippen LogP) is 0.822. The lowest BCUT2D eigenvalue weighted by Gasteiger charge is -2.10. The zero-order valence-corrected chi connectivity index (χ0v) is 12.9. The Kier molecular flexibility index (Phi) is 5.66. The van der Waals surface area contributed by atoms with Crippen LogP contribution in [0.15, 0.2) is 23.1 Å². The van der Waals surface area contributed by atoms with Gasteiger partial charge < -0.3 is 9.50 Å². The average molecular weight is 421 g/mol. The first kappa shape index (κ1) is 16.3. The van der Waals surface area contributed by atoms with Crippen LogP contribution in [0, 0.1) is 0 Å². The molecule has 0 fully saturated rings. The normalized spacial score (nSPS) is 12.8. The molecule has 0 saturated heterocycles. The van der Waals surface area contributed by atoms with Gasteiger partial charge in [0.25, 0.3) is 10.1 Å². The third-order valence-corrected chi connectivity index (χ3v) is 3.67. The predicted molar refractivity (Wildman–Crippen MR) is 75.2 cm³/mol. The van der Waals surface area contributed by atoms with Crippen molar-refractivity contribution in [3.63, 3.8) is 0 Å². The highest BCUT2D eigenvalue weighted by Gasteiger charge is 2.16. The topological polar surface area (TPSA) is 130 Å². The number of carbonyl (C=O) groups excluding carboxylic acids is 1. The van der Waals surface area contributed by atoms with Gasteiger partial charge in [-0.15, -0.1) is 0 Å². The summed E-state index contributed by atoms with van der Waals surface area (Å²) in [5.41, 5.74) is -0.140. The number of halogens is 1. The van der Waals surface area contributed by atoms with Crippen LogP contribution in [0.25, 0.3) is 0 Å². The van der Waals surface area contributed by atoms with E-state index in [9.17, 15) is 17.4 Å². The Morgan fingerprint density at radius 2 is 2.11 bits per heavy atom. The number of carbonyl (C=O) groups is 1. The summed E-state index contributed by atoms with van der Waals surface area (Å²) < 4.78 is 54.6. The molecule has 0 saturated carbocycles. The van der Waals surface area contributed by atoms with Crippen LogP contribution in [0.2, 0.25) is 0 Å². The summed E-state index contributed by atoms with van der Waals surface area (Å²) in [6.07, 6.45) is 0. The monoisotopic (exact) mass is 421 g/mol. The average Bonchev–Trinajstić information content (AvgIpc) is 2.29. The molecule has 11 heteroatoms. The van der Waals surface area contributed by atoms with Crippen LogP contribution in [0.3, 0.4) is 0 Å². The molecule has 0 spiro atoms. The number of rotatable bonds is 5. The van der Waals surface area contributed by atoms with Crippen molar-refractivity contribution in [1.29, 1.82) is 0 Å². The van der Waals surface area contributed by atoms with E-state index in [1.54, 1.807) is 22.6 Å². The molecule has 0 radical (unpaired) electrons. The summed E-state index contributed by atoms with van der Waals surface area (Å²) in [7, 11) is -4.46. The summed E-state index contributed by atoms with van der Waals surface area (Å²) in [6.45, 7) is 0. The summed E-state index contributed by atoms with van der Waals surface area (Å²) in [5.74, 6) is -0.673. The van der Waals surface area contributed by atoms with Crippen molar-refractivity contribution in [2.75, 3.05) is 9.74 Å². The van der Waals surface area contributed by atoms with Crippen LogP contribution in [0.1, 0.15) is 0 Å². The van der Waals surface area contributed by atoms with Gasteiger partial charge in [0.1, 0.15) is 0 Å². The van der Waals surface area contributed by atoms with Crippen molar-refractivity contribution in [3.05, 3.63) is 18.2 Å². The maximum atomic E-state index is 11.3. The lowest BCUT2D eigenvalue weighted by molar-refractivity contribution is -0.113. The molecule has 1 amide bonds. The Labute approximate surface area is 124 Å². The third-order valence-electron chi connectivity index (χ3n) is 1.81.